The predicted molar refractivity (Wildman–Crippen MR) is 158 cm³/mol. The molecule has 4 aromatic rings. The smallest absolute Gasteiger partial charge is 0.416 e. The molecule has 10 nitrogen and oxygen atoms in total. The molecule has 0 radical (unpaired) electrons. The summed E-state index contributed by atoms with van der Waals surface area (Å²) in [5.41, 5.74) is 1.06. The maximum absolute atomic E-state index is 12.7. The molecule has 3 aromatic carbocycles. The van der Waals surface area contributed by atoms with Gasteiger partial charge in [-0.3, -0.25) is 4.57 Å². The molecule has 0 amide bonds. The number of anilines is 1. The van der Waals surface area contributed by atoms with Gasteiger partial charge in [0, 0.05) is 49.6 Å². The molecule has 2 aliphatic heterocycles. The molecule has 13 heteroatoms. The zero-order chi connectivity index (χ0) is 31.4. The first-order chi connectivity index (χ1) is 21.7. The van der Waals surface area contributed by atoms with E-state index in [1.807, 2.05) is 36.4 Å². The van der Waals surface area contributed by atoms with E-state index in [-0.39, 0.29) is 30.6 Å². The lowest BCUT2D eigenvalue weighted by molar-refractivity contribution is -0.389. The third kappa shape index (κ3) is 7.59. The Morgan fingerprint density at radius 1 is 0.867 bits per heavy atom. The van der Waals surface area contributed by atoms with Crippen LogP contribution in [-0.4, -0.2) is 46.4 Å². The Kier molecular flexibility index (Phi) is 8.67. The number of rotatable bonds is 10. The van der Waals surface area contributed by atoms with Crippen LogP contribution in [0.1, 0.15) is 30.4 Å². The van der Waals surface area contributed by atoms with Gasteiger partial charge in [-0.25, -0.2) is 0 Å². The van der Waals surface area contributed by atoms with Gasteiger partial charge in [0.05, 0.1) is 5.56 Å². The van der Waals surface area contributed by atoms with E-state index in [4.69, 9.17) is 18.9 Å². The second kappa shape index (κ2) is 13.0. The summed E-state index contributed by atoms with van der Waals surface area (Å²) >= 11 is 0. The van der Waals surface area contributed by atoms with Crippen LogP contribution in [0.4, 0.5) is 24.7 Å². The van der Waals surface area contributed by atoms with E-state index in [0.717, 1.165) is 49.5 Å². The number of fused-ring (bicyclic) bond motifs is 1. The first-order valence-corrected chi connectivity index (χ1v) is 14.6. The lowest BCUT2D eigenvalue weighted by atomic mass is 10.1. The van der Waals surface area contributed by atoms with Crippen LogP contribution < -0.4 is 23.8 Å². The van der Waals surface area contributed by atoms with Crippen molar-refractivity contribution in [3.8, 4) is 23.3 Å². The number of piperidine rings is 1. The summed E-state index contributed by atoms with van der Waals surface area (Å²) in [4.78, 5) is 16.6. The molecule has 0 saturated carbocycles. The first kappa shape index (κ1) is 30.1. The third-order valence-electron chi connectivity index (χ3n) is 7.77. The Bertz CT molecular complexity index is 1590. The number of halogens is 3. The number of hydrogen-bond donors (Lipinski definition) is 0. The number of ether oxygens (including phenoxy) is 4. The lowest BCUT2D eigenvalue weighted by Crippen LogP contribution is -2.38. The molecule has 2 aliphatic rings. The SMILES string of the molecule is O=[N+]([O-])c1cn2c(n1)O[C@@H](COc1ccc(N3CCC(Oc4ccc(OCc5ccc(C(F)(F)F)cc5)cc4)CC3)cc1)CC2. The normalized spacial score (nSPS) is 16.9. The Labute approximate surface area is 257 Å². The summed E-state index contributed by atoms with van der Waals surface area (Å²) in [6.45, 7) is 2.74. The van der Waals surface area contributed by atoms with Gasteiger partial charge in [-0.2, -0.15) is 13.2 Å². The van der Waals surface area contributed by atoms with Gasteiger partial charge in [0.1, 0.15) is 48.9 Å². The molecule has 3 heterocycles. The highest BCUT2D eigenvalue weighted by atomic mass is 19.4. The average molecular weight is 625 g/mol. The van der Waals surface area contributed by atoms with Crippen LogP contribution in [0, 0.1) is 10.1 Å². The van der Waals surface area contributed by atoms with Crippen LogP contribution in [0.25, 0.3) is 0 Å². The van der Waals surface area contributed by atoms with Crippen molar-refractivity contribution in [3.05, 3.63) is 100 Å². The summed E-state index contributed by atoms with van der Waals surface area (Å²) in [6, 6.07) is 20.3. The van der Waals surface area contributed by atoms with E-state index in [1.54, 1.807) is 16.7 Å². The van der Waals surface area contributed by atoms with Crippen molar-refractivity contribution in [2.45, 2.75) is 50.8 Å². The standard InChI is InChI=1S/C32H31F3N4O6/c33-32(34,35)23-3-1-22(2-4-23)20-42-26-9-11-27(12-10-26)44-28-13-16-37(17-14-28)24-5-7-25(8-6-24)43-21-29-15-18-38-19-30(39(40)41)36-31(38)45-29/h1-12,19,28-29H,13-18,20-21H2/t29-/m1/s1. The largest absolute Gasteiger partial charge is 0.490 e. The van der Waals surface area contributed by atoms with Crippen molar-refractivity contribution in [1.29, 1.82) is 0 Å². The van der Waals surface area contributed by atoms with E-state index < -0.39 is 16.7 Å². The first-order valence-electron chi connectivity index (χ1n) is 14.6. The molecule has 6 rings (SSSR count). The molecule has 0 unspecified atom stereocenters. The van der Waals surface area contributed by atoms with Gasteiger partial charge in [0.2, 0.25) is 0 Å². The van der Waals surface area contributed by atoms with Gasteiger partial charge >= 0.3 is 18.0 Å². The Hall–Kier alpha value is -4.94. The number of alkyl halides is 3. The molecule has 1 aromatic heterocycles. The van der Waals surface area contributed by atoms with Crippen LogP contribution in [0.15, 0.2) is 79.0 Å². The highest BCUT2D eigenvalue weighted by Gasteiger charge is 2.30. The summed E-state index contributed by atoms with van der Waals surface area (Å²) in [5.74, 6) is 1.83. The number of benzene rings is 3. The number of nitro groups is 1. The number of nitrogens with zero attached hydrogens (tertiary/aromatic N) is 4. The van der Waals surface area contributed by atoms with E-state index >= 15 is 0 Å². The van der Waals surface area contributed by atoms with Crippen molar-refractivity contribution < 1.29 is 37.0 Å². The van der Waals surface area contributed by atoms with Gasteiger partial charge in [-0.15, -0.1) is 0 Å². The number of hydrogen-bond acceptors (Lipinski definition) is 8. The fraction of sp³-hybridized carbons (Fsp3) is 0.344. The summed E-state index contributed by atoms with van der Waals surface area (Å²) in [6.07, 6.45) is -0.753. The van der Waals surface area contributed by atoms with Crippen molar-refractivity contribution in [1.82, 2.24) is 9.55 Å². The Morgan fingerprint density at radius 2 is 1.51 bits per heavy atom. The van der Waals surface area contributed by atoms with E-state index in [0.29, 0.717) is 36.6 Å². The fourth-order valence-corrected chi connectivity index (χ4v) is 5.27. The van der Waals surface area contributed by atoms with Gasteiger partial charge in [-0.05, 0) is 71.2 Å². The van der Waals surface area contributed by atoms with E-state index in [9.17, 15) is 23.3 Å². The topological polar surface area (TPSA) is 101 Å². The van der Waals surface area contributed by atoms with Crippen molar-refractivity contribution >= 4 is 11.5 Å². The molecule has 45 heavy (non-hydrogen) atoms. The Balaban J connectivity index is 0.914. The number of aryl methyl sites for hydroxylation is 1. The maximum Gasteiger partial charge on any atom is 0.416 e. The van der Waals surface area contributed by atoms with Gasteiger partial charge < -0.3 is 34.0 Å². The minimum Gasteiger partial charge on any atom is -0.490 e. The van der Waals surface area contributed by atoms with Gasteiger partial charge in [0.25, 0.3) is 0 Å². The van der Waals surface area contributed by atoms with Gasteiger partial charge in [-0.1, -0.05) is 12.1 Å². The molecular formula is C32H31F3N4O6. The minimum atomic E-state index is -4.36. The zero-order valence-electron chi connectivity index (χ0n) is 24.2. The highest BCUT2D eigenvalue weighted by Crippen LogP contribution is 2.30. The van der Waals surface area contributed by atoms with Crippen LogP contribution in [0.5, 0.6) is 23.3 Å². The predicted octanol–water partition coefficient (Wildman–Crippen LogP) is 6.67. The molecule has 1 atom stereocenters. The van der Waals surface area contributed by atoms with E-state index in [1.165, 1.54) is 18.3 Å². The maximum atomic E-state index is 12.7. The summed E-state index contributed by atoms with van der Waals surface area (Å²) < 4.78 is 63.4. The van der Waals surface area contributed by atoms with Gasteiger partial charge in [0.15, 0.2) is 0 Å². The van der Waals surface area contributed by atoms with Crippen LogP contribution >= 0.6 is 0 Å². The van der Waals surface area contributed by atoms with Crippen molar-refractivity contribution in [2.24, 2.45) is 0 Å². The zero-order valence-corrected chi connectivity index (χ0v) is 24.2. The average Bonchev–Trinajstić information content (AvgIpc) is 3.48. The van der Waals surface area contributed by atoms with Crippen molar-refractivity contribution in [2.75, 3.05) is 24.6 Å². The second-order valence-electron chi connectivity index (χ2n) is 10.9. The Morgan fingerprint density at radius 3 is 2.18 bits per heavy atom. The molecule has 0 aliphatic carbocycles. The minimum absolute atomic E-state index is 0.0790. The molecular weight excluding hydrogens is 593 g/mol. The number of imidazole rings is 1. The highest BCUT2D eigenvalue weighted by molar-refractivity contribution is 5.49. The second-order valence-corrected chi connectivity index (χ2v) is 10.9. The molecule has 0 spiro atoms. The molecule has 0 N–H and O–H groups in total. The quantitative estimate of drug-likeness (QED) is 0.143. The molecule has 1 saturated heterocycles. The van der Waals surface area contributed by atoms with Crippen LogP contribution in [0.2, 0.25) is 0 Å². The van der Waals surface area contributed by atoms with Crippen LogP contribution in [-0.2, 0) is 19.3 Å². The summed E-state index contributed by atoms with van der Waals surface area (Å²) in [5, 5.41) is 10.9. The van der Waals surface area contributed by atoms with Crippen molar-refractivity contribution in [3.63, 3.8) is 0 Å². The summed E-state index contributed by atoms with van der Waals surface area (Å²) in [7, 11) is 0. The third-order valence-corrected chi connectivity index (χ3v) is 7.77. The van der Waals surface area contributed by atoms with Crippen LogP contribution in [0.3, 0.4) is 0 Å². The monoisotopic (exact) mass is 624 g/mol. The van der Waals surface area contributed by atoms with E-state index in [2.05, 4.69) is 9.88 Å². The molecule has 236 valence electrons. The fourth-order valence-electron chi connectivity index (χ4n) is 5.27. The molecule has 1 fully saturated rings. The number of aromatic nitrogens is 2. The lowest BCUT2D eigenvalue weighted by Gasteiger charge is -2.33. The molecule has 0 bridgehead atoms.